The number of aliphatic hydroxyl groups is 1. The summed E-state index contributed by atoms with van der Waals surface area (Å²) in [7, 11) is 0. The standard InChI is InChI=1S/C12H9ClF2OS/c1-6-2-3-8(14)9(10(6)15)11(16)12-7(13)4-5-17-12/h2-5,11,16H,1H3. The van der Waals surface area contributed by atoms with Crippen LogP contribution < -0.4 is 0 Å². The van der Waals surface area contributed by atoms with Crippen LogP contribution in [-0.4, -0.2) is 5.11 Å². The van der Waals surface area contributed by atoms with Crippen molar-refractivity contribution < 1.29 is 13.9 Å². The van der Waals surface area contributed by atoms with Crippen LogP contribution in [0.1, 0.15) is 22.1 Å². The van der Waals surface area contributed by atoms with Crippen molar-refractivity contribution in [2.45, 2.75) is 13.0 Å². The molecule has 2 rings (SSSR count). The van der Waals surface area contributed by atoms with Crippen LogP contribution in [0.25, 0.3) is 0 Å². The first-order valence-corrected chi connectivity index (χ1v) is 6.13. The molecule has 0 saturated heterocycles. The highest BCUT2D eigenvalue weighted by atomic mass is 35.5. The molecular weight excluding hydrogens is 266 g/mol. The Hall–Kier alpha value is -0.970. The molecule has 0 saturated carbocycles. The quantitative estimate of drug-likeness (QED) is 0.875. The van der Waals surface area contributed by atoms with E-state index in [4.69, 9.17) is 11.6 Å². The normalized spacial score (nSPS) is 12.8. The first-order valence-electron chi connectivity index (χ1n) is 4.88. The number of halogens is 3. The van der Waals surface area contributed by atoms with Gasteiger partial charge in [0.25, 0.3) is 0 Å². The molecule has 0 aliphatic heterocycles. The van der Waals surface area contributed by atoms with Crippen LogP contribution in [0.4, 0.5) is 8.78 Å². The van der Waals surface area contributed by atoms with Crippen LogP contribution in [-0.2, 0) is 0 Å². The third-order valence-electron chi connectivity index (χ3n) is 2.49. The van der Waals surface area contributed by atoms with Gasteiger partial charge in [-0.05, 0) is 30.0 Å². The maximum Gasteiger partial charge on any atom is 0.135 e. The summed E-state index contributed by atoms with van der Waals surface area (Å²) in [6.45, 7) is 1.51. The van der Waals surface area contributed by atoms with E-state index in [1.54, 1.807) is 11.4 Å². The molecule has 1 atom stereocenters. The van der Waals surface area contributed by atoms with Crippen molar-refractivity contribution >= 4 is 22.9 Å². The van der Waals surface area contributed by atoms with Crippen molar-refractivity contribution in [1.82, 2.24) is 0 Å². The predicted molar refractivity (Wildman–Crippen MR) is 64.5 cm³/mol. The van der Waals surface area contributed by atoms with Crippen molar-refractivity contribution in [2.75, 3.05) is 0 Å². The number of benzene rings is 1. The van der Waals surface area contributed by atoms with Gasteiger partial charge in [-0.15, -0.1) is 11.3 Å². The van der Waals surface area contributed by atoms with Gasteiger partial charge in [0.2, 0.25) is 0 Å². The van der Waals surface area contributed by atoms with E-state index in [9.17, 15) is 13.9 Å². The predicted octanol–water partition coefficient (Wildman–Crippen LogP) is 4.07. The van der Waals surface area contributed by atoms with Crippen LogP contribution in [0.2, 0.25) is 5.02 Å². The van der Waals surface area contributed by atoms with Gasteiger partial charge in [0.15, 0.2) is 0 Å². The molecule has 0 radical (unpaired) electrons. The minimum atomic E-state index is -1.37. The molecule has 0 fully saturated rings. The lowest BCUT2D eigenvalue weighted by molar-refractivity contribution is 0.212. The Labute approximate surface area is 106 Å². The summed E-state index contributed by atoms with van der Waals surface area (Å²) in [4.78, 5) is 0.343. The van der Waals surface area contributed by atoms with E-state index in [1.807, 2.05) is 0 Å². The highest BCUT2D eigenvalue weighted by molar-refractivity contribution is 7.10. The molecule has 0 bridgehead atoms. The highest BCUT2D eigenvalue weighted by Crippen LogP contribution is 2.35. The van der Waals surface area contributed by atoms with Crippen LogP contribution in [0.15, 0.2) is 23.6 Å². The number of hydrogen-bond acceptors (Lipinski definition) is 2. The fraction of sp³-hybridized carbons (Fsp3) is 0.167. The lowest BCUT2D eigenvalue weighted by atomic mass is 10.0. The zero-order valence-corrected chi connectivity index (χ0v) is 10.4. The molecule has 1 unspecified atom stereocenters. The number of rotatable bonds is 2. The molecule has 90 valence electrons. The lowest BCUT2D eigenvalue weighted by Crippen LogP contribution is -2.06. The van der Waals surface area contributed by atoms with Crippen molar-refractivity contribution in [1.29, 1.82) is 0 Å². The van der Waals surface area contributed by atoms with Gasteiger partial charge in [0.05, 0.1) is 15.5 Å². The monoisotopic (exact) mass is 274 g/mol. The Bertz CT molecular complexity index is 553. The van der Waals surface area contributed by atoms with E-state index in [1.165, 1.54) is 13.0 Å². The van der Waals surface area contributed by atoms with Gasteiger partial charge in [-0.1, -0.05) is 17.7 Å². The number of aliphatic hydroxyl groups excluding tert-OH is 1. The summed E-state index contributed by atoms with van der Waals surface area (Å²) < 4.78 is 27.4. The zero-order chi connectivity index (χ0) is 12.6. The molecule has 0 aliphatic carbocycles. The second-order valence-electron chi connectivity index (χ2n) is 3.63. The van der Waals surface area contributed by atoms with Crippen LogP contribution in [0.3, 0.4) is 0 Å². The lowest BCUT2D eigenvalue weighted by Gasteiger charge is -2.13. The Balaban J connectivity index is 2.55. The van der Waals surface area contributed by atoms with Gasteiger partial charge in [-0.3, -0.25) is 0 Å². The fourth-order valence-corrected chi connectivity index (χ4v) is 2.71. The average Bonchev–Trinajstić information content (AvgIpc) is 2.70. The van der Waals surface area contributed by atoms with Crippen LogP contribution in [0, 0.1) is 18.6 Å². The first-order chi connectivity index (χ1) is 8.02. The van der Waals surface area contributed by atoms with E-state index in [2.05, 4.69) is 0 Å². The van der Waals surface area contributed by atoms with Gasteiger partial charge >= 0.3 is 0 Å². The number of aryl methyl sites for hydroxylation is 1. The van der Waals surface area contributed by atoms with Crippen molar-refractivity contribution in [3.05, 3.63) is 56.2 Å². The maximum absolute atomic E-state index is 13.8. The molecule has 5 heteroatoms. The Morgan fingerprint density at radius 2 is 2.00 bits per heavy atom. The molecular formula is C12H9ClF2OS. The molecule has 1 N–H and O–H groups in total. The third-order valence-corrected chi connectivity index (χ3v) is 3.90. The van der Waals surface area contributed by atoms with E-state index in [-0.39, 0.29) is 11.1 Å². The minimum absolute atomic E-state index is 0.285. The summed E-state index contributed by atoms with van der Waals surface area (Å²) in [5.41, 5.74) is -0.0671. The molecule has 0 aliphatic rings. The van der Waals surface area contributed by atoms with Gasteiger partial charge in [0.1, 0.15) is 17.7 Å². The summed E-state index contributed by atoms with van der Waals surface area (Å²) in [6, 6.07) is 4.05. The smallest absolute Gasteiger partial charge is 0.135 e. The molecule has 1 aromatic heterocycles. The minimum Gasteiger partial charge on any atom is -0.383 e. The topological polar surface area (TPSA) is 20.2 Å². The highest BCUT2D eigenvalue weighted by Gasteiger charge is 2.23. The summed E-state index contributed by atoms with van der Waals surface area (Å²) in [6.07, 6.45) is -1.37. The van der Waals surface area contributed by atoms with Crippen molar-refractivity contribution in [3.8, 4) is 0 Å². The molecule has 0 spiro atoms. The van der Waals surface area contributed by atoms with Crippen molar-refractivity contribution in [2.24, 2.45) is 0 Å². The average molecular weight is 275 g/mol. The van der Waals surface area contributed by atoms with Gasteiger partial charge in [-0.2, -0.15) is 0 Å². The van der Waals surface area contributed by atoms with E-state index in [0.717, 1.165) is 17.4 Å². The number of hydrogen-bond donors (Lipinski definition) is 1. The molecule has 1 aromatic carbocycles. The van der Waals surface area contributed by atoms with Gasteiger partial charge < -0.3 is 5.11 Å². The second kappa shape index (κ2) is 4.72. The molecule has 17 heavy (non-hydrogen) atoms. The molecule has 0 amide bonds. The van der Waals surface area contributed by atoms with Crippen LogP contribution >= 0.6 is 22.9 Å². The SMILES string of the molecule is Cc1ccc(F)c(C(O)c2sccc2Cl)c1F. The third kappa shape index (κ3) is 2.20. The fourth-order valence-electron chi connectivity index (χ4n) is 1.56. The molecule has 1 heterocycles. The molecule has 2 aromatic rings. The number of thiophene rings is 1. The van der Waals surface area contributed by atoms with Crippen LogP contribution in [0.5, 0.6) is 0 Å². The summed E-state index contributed by atoms with van der Waals surface area (Å²) in [5.74, 6) is -1.51. The zero-order valence-electron chi connectivity index (χ0n) is 8.88. The molecule has 1 nitrogen and oxygen atoms in total. The Morgan fingerprint density at radius 1 is 1.29 bits per heavy atom. The second-order valence-corrected chi connectivity index (χ2v) is 4.98. The van der Waals surface area contributed by atoms with Gasteiger partial charge in [0, 0.05) is 0 Å². The summed E-state index contributed by atoms with van der Waals surface area (Å²) in [5, 5.41) is 12.0. The van der Waals surface area contributed by atoms with Gasteiger partial charge in [-0.25, -0.2) is 8.78 Å². The van der Waals surface area contributed by atoms with E-state index in [0.29, 0.717) is 9.90 Å². The van der Waals surface area contributed by atoms with Crippen molar-refractivity contribution in [3.63, 3.8) is 0 Å². The van der Waals surface area contributed by atoms with E-state index >= 15 is 0 Å². The Morgan fingerprint density at radius 3 is 2.59 bits per heavy atom. The first kappa shape index (κ1) is 12.5. The Kier molecular flexibility index (Phi) is 3.47. The largest absolute Gasteiger partial charge is 0.383 e. The summed E-state index contributed by atoms with van der Waals surface area (Å²) >= 11 is 7.00. The van der Waals surface area contributed by atoms with E-state index < -0.39 is 17.7 Å². The maximum atomic E-state index is 13.8.